The van der Waals surface area contributed by atoms with E-state index in [0.717, 1.165) is 11.3 Å². The minimum absolute atomic E-state index is 0.0569. The molecule has 0 saturated carbocycles. The van der Waals surface area contributed by atoms with Gasteiger partial charge in [0.2, 0.25) is 11.8 Å². The first-order valence-electron chi connectivity index (χ1n) is 11.4. The van der Waals surface area contributed by atoms with Crippen LogP contribution in [0.25, 0.3) is 11.5 Å². The third-order valence-electron chi connectivity index (χ3n) is 5.50. The van der Waals surface area contributed by atoms with Crippen LogP contribution in [0.4, 0.5) is 10.6 Å². The van der Waals surface area contributed by atoms with Crippen molar-refractivity contribution in [2.45, 2.75) is 65.1 Å². The van der Waals surface area contributed by atoms with Crippen molar-refractivity contribution in [3.63, 3.8) is 0 Å². The Hall–Kier alpha value is -3.80. The lowest BCUT2D eigenvalue weighted by Gasteiger charge is -2.42. The van der Waals surface area contributed by atoms with E-state index in [-0.39, 0.29) is 24.0 Å². The zero-order valence-electron chi connectivity index (χ0n) is 20.2. The lowest BCUT2D eigenvalue weighted by molar-refractivity contribution is -0.128. The molecule has 0 spiro atoms. The molecule has 0 saturated heterocycles. The Kier molecular flexibility index (Phi) is 8.18. The van der Waals surface area contributed by atoms with E-state index >= 15 is 0 Å². The van der Waals surface area contributed by atoms with Gasteiger partial charge < -0.3 is 19.9 Å². The molecule has 35 heavy (non-hydrogen) atoms. The Morgan fingerprint density at radius 1 is 1.23 bits per heavy atom. The van der Waals surface area contributed by atoms with Crippen molar-refractivity contribution in [2.24, 2.45) is 5.41 Å². The van der Waals surface area contributed by atoms with Crippen LogP contribution in [0.2, 0.25) is 0 Å². The average Bonchev–Trinajstić information content (AvgIpc) is 3.50. The summed E-state index contributed by atoms with van der Waals surface area (Å²) in [6.07, 6.45) is 3.22. The van der Waals surface area contributed by atoms with Gasteiger partial charge in [-0.05, 0) is 24.0 Å². The van der Waals surface area contributed by atoms with Gasteiger partial charge in [-0.15, -0.1) is 10.2 Å². The molecule has 188 valence electrons. The first-order valence-corrected chi connectivity index (χ1v) is 11.4. The number of carbonyl (C=O) groups is 2. The molecular formula is C23H31N7O5. The lowest BCUT2D eigenvalue weighted by Crippen LogP contribution is -2.54. The number of aromatic nitrogens is 5. The van der Waals surface area contributed by atoms with Crippen LogP contribution in [-0.4, -0.2) is 64.6 Å². The highest BCUT2D eigenvalue weighted by Gasteiger charge is 2.45. The second kappa shape index (κ2) is 11.1. The fourth-order valence-electron chi connectivity index (χ4n) is 3.87. The summed E-state index contributed by atoms with van der Waals surface area (Å²) in [6.45, 7) is 7.43. The molecule has 3 rings (SSSR count). The molecular weight excluding hydrogens is 454 g/mol. The summed E-state index contributed by atoms with van der Waals surface area (Å²) < 4.78 is 5.91. The highest BCUT2D eigenvalue weighted by atomic mass is 16.4. The van der Waals surface area contributed by atoms with Crippen LogP contribution in [0.3, 0.4) is 0 Å². The van der Waals surface area contributed by atoms with Crippen LogP contribution in [0.1, 0.15) is 58.9 Å². The standard InChI is InChI=1S/C23H31N7O5/c1-5-6-9-15(17(31)19(32)26-16-10-12-25-27-16)30(22(33)34)18(23(2,3)4)21-29-28-20(35-21)14-8-7-11-24-13-14/h7-8,10-13,15,17-18,31H,5-6,9H2,1-4H3,(H,33,34)(H2,25,26,27,32)/t15-,17+,18+/m0/s1. The number of unbranched alkanes of at least 4 members (excludes halogenated alkanes) is 1. The van der Waals surface area contributed by atoms with Gasteiger partial charge in [0.25, 0.3) is 5.91 Å². The van der Waals surface area contributed by atoms with E-state index in [1.54, 1.807) is 24.5 Å². The van der Waals surface area contributed by atoms with Crippen LogP contribution in [0, 0.1) is 5.41 Å². The third-order valence-corrected chi connectivity index (χ3v) is 5.50. The van der Waals surface area contributed by atoms with Crippen molar-refractivity contribution in [3.8, 4) is 11.5 Å². The number of aliphatic hydroxyl groups excluding tert-OH is 1. The van der Waals surface area contributed by atoms with E-state index in [2.05, 4.69) is 30.7 Å². The minimum atomic E-state index is -1.66. The molecule has 4 N–H and O–H groups in total. The van der Waals surface area contributed by atoms with Gasteiger partial charge in [0, 0.05) is 18.5 Å². The predicted octanol–water partition coefficient (Wildman–Crippen LogP) is 3.48. The van der Waals surface area contributed by atoms with Crippen molar-refractivity contribution in [2.75, 3.05) is 5.32 Å². The second-order valence-corrected chi connectivity index (χ2v) is 9.26. The van der Waals surface area contributed by atoms with E-state index in [1.165, 1.54) is 12.3 Å². The summed E-state index contributed by atoms with van der Waals surface area (Å²) in [6, 6.07) is 2.97. The number of carboxylic acid groups (broad SMARTS) is 1. The van der Waals surface area contributed by atoms with Crippen molar-refractivity contribution in [1.82, 2.24) is 30.3 Å². The van der Waals surface area contributed by atoms with E-state index in [1.807, 2.05) is 27.7 Å². The van der Waals surface area contributed by atoms with Gasteiger partial charge in [0.05, 0.1) is 17.8 Å². The zero-order chi connectivity index (χ0) is 25.6. The Bertz CT molecular complexity index is 1100. The van der Waals surface area contributed by atoms with E-state index in [0.29, 0.717) is 12.0 Å². The summed E-state index contributed by atoms with van der Waals surface area (Å²) in [5.41, 5.74) is -0.136. The SMILES string of the molecule is CCCC[C@@H]([C@@H](O)C(=O)Nc1ccn[nH]1)N(C(=O)O)[C@H](c1nnc(-c2cccnc2)o1)C(C)(C)C. The van der Waals surface area contributed by atoms with Crippen molar-refractivity contribution in [1.29, 1.82) is 0 Å². The van der Waals surface area contributed by atoms with Crippen LogP contribution >= 0.6 is 0 Å². The number of pyridine rings is 1. The number of H-pyrrole nitrogens is 1. The molecule has 0 fully saturated rings. The molecule has 0 aliphatic carbocycles. The summed E-state index contributed by atoms with van der Waals surface area (Å²) >= 11 is 0. The molecule has 3 aromatic heterocycles. The molecule has 0 bridgehead atoms. The van der Waals surface area contributed by atoms with Crippen LogP contribution < -0.4 is 5.32 Å². The van der Waals surface area contributed by atoms with Gasteiger partial charge in [0.15, 0.2) is 6.10 Å². The summed E-state index contributed by atoms with van der Waals surface area (Å²) in [4.78, 5) is 30.6. The molecule has 0 aliphatic rings. The third kappa shape index (κ3) is 6.21. The molecule has 3 heterocycles. The molecule has 2 amide bonds. The maximum atomic E-state index is 12.9. The number of carbonyl (C=O) groups excluding carboxylic acids is 1. The Balaban J connectivity index is 2.00. The Labute approximate surface area is 202 Å². The first kappa shape index (κ1) is 25.8. The zero-order valence-corrected chi connectivity index (χ0v) is 20.2. The largest absolute Gasteiger partial charge is 0.465 e. The molecule has 12 heteroatoms. The molecule has 0 aliphatic heterocycles. The highest BCUT2D eigenvalue weighted by molar-refractivity contribution is 5.94. The fraction of sp³-hybridized carbons (Fsp3) is 0.478. The second-order valence-electron chi connectivity index (χ2n) is 9.26. The van der Waals surface area contributed by atoms with E-state index in [4.69, 9.17) is 4.42 Å². The monoisotopic (exact) mass is 485 g/mol. The highest BCUT2D eigenvalue weighted by Crippen LogP contribution is 2.40. The number of hydrogen-bond donors (Lipinski definition) is 4. The van der Waals surface area contributed by atoms with Gasteiger partial charge >= 0.3 is 6.09 Å². The van der Waals surface area contributed by atoms with Crippen LogP contribution in [-0.2, 0) is 4.79 Å². The number of nitrogens with one attached hydrogen (secondary N) is 2. The average molecular weight is 486 g/mol. The number of rotatable bonds is 10. The van der Waals surface area contributed by atoms with Crippen LogP contribution in [0.15, 0.2) is 41.2 Å². The lowest BCUT2D eigenvalue weighted by atomic mass is 9.83. The predicted molar refractivity (Wildman–Crippen MR) is 126 cm³/mol. The minimum Gasteiger partial charge on any atom is -0.465 e. The fourth-order valence-corrected chi connectivity index (χ4v) is 3.87. The smallest absolute Gasteiger partial charge is 0.408 e. The molecule has 3 atom stereocenters. The Morgan fingerprint density at radius 3 is 2.57 bits per heavy atom. The number of aliphatic hydroxyl groups is 1. The van der Waals surface area contributed by atoms with Gasteiger partial charge in [-0.1, -0.05) is 40.5 Å². The Morgan fingerprint density at radius 2 is 2.00 bits per heavy atom. The number of aromatic amines is 1. The number of amides is 2. The maximum Gasteiger partial charge on any atom is 0.408 e. The van der Waals surface area contributed by atoms with Crippen molar-refractivity contribution >= 4 is 17.8 Å². The molecule has 12 nitrogen and oxygen atoms in total. The van der Waals surface area contributed by atoms with Gasteiger partial charge in [-0.2, -0.15) is 5.10 Å². The van der Waals surface area contributed by atoms with E-state index < -0.39 is 35.6 Å². The van der Waals surface area contributed by atoms with Crippen LogP contribution in [0.5, 0.6) is 0 Å². The first-order chi connectivity index (χ1) is 16.6. The molecule has 3 aromatic rings. The molecule has 0 radical (unpaired) electrons. The maximum absolute atomic E-state index is 12.9. The van der Waals surface area contributed by atoms with Gasteiger partial charge in [-0.25, -0.2) is 4.79 Å². The van der Waals surface area contributed by atoms with Gasteiger partial charge in [0.1, 0.15) is 11.9 Å². The summed E-state index contributed by atoms with van der Waals surface area (Å²) in [7, 11) is 0. The summed E-state index contributed by atoms with van der Waals surface area (Å²) in [5.74, 6) is -0.219. The number of hydrogen-bond acceptors (Lipinski definition) is 8. The quantitative estimate of drug-likeness (QED) is 0.335. The number of anilines is 1. The molecule has 0 aromatic carbocycles. The summed E-state index contributed by atoms with van der Waals surface area (Å²) in [5, 5.41) is 38.5. The normalized spacial score (nSPS) is 14.2. The van der Waals surface area contributed by atoms with Crippen molar-refractivity contribution in [3.05, 3.63) is 42.7 Å². The molecule has 0 unspecified atom stereocenters. The number of nitrogens with zero attached hydrogens (tertiary/aromatic N) is 5. The van der Waals surface area contributed by atoms with Gasteiger partial charge in [-0.3, -0.25) is 19.8 Å². The topological polar surface area (TPSA) is 170 Å². The van der Waals surface area contributed by atoms with E-state index in [9.17, 15) is 19.8 Å². The van der Waals surface area contributed by atoms with Crippen molar-refractivity contribution < 1.29 is 24.2 Å².